The molecule has 2 aromatic rings. The van der Waals surface area contributed by atoms with Gasteiger partial charge >= 0.3 is 0 Å². The summed E-state index contributed by atoms with van der Waals surface area (Å²) in [5.74, 6) is 2.33. The van der Waals surface area contributed by atoms with E-state index in [1.807, 2.05) is 26.1 Å². The second-order valence-electron chi connectivity index (χ2n) is 7.00. The topological polar surface area (TPSA) is 90.1 Å². The maximum absolute atomic E-state index is 11.5. The van der Waals surface area contributed by atoms with E-state index in [0.29, 0.717) is 18.4 Å². The van der Waals surface area contributed by atoms with Crippen LogP contribution >= 0.6 is 0 Å². The van der Waals surface area contributed by atoms with Crippen LogP contribution in [0.4, 0.5) is 0 Å². The smallest absolute Gasteiger partial charge is 0.245 e. The second kappa shape index (κ2) is 8.40. The van der Waals surface area contributed by atoms with Crippen LogP contribution in [0.2, 0.25) is 0 Å². The van der Waals surface area contributed by atoms with Crippen molar-refractivity contribution in [2.75, 3.05) is 20.3 Å². The summed E-state index contributed by atoms with van der Waals surface area (Å²) >= 11 is 0. The third-order valence-electron chi connectivity index (χ3n) is 4.93. The second-order valence-corrected chi connectivity index (χ2v) is 7.00. The summed E-state index contributed by atoms with van der Waals surface area (Å²) in [5.41, 5.74) is 2.84. The standard InChI is InChI=1S/C19H26N4O3/c1-12-8-17(26-23-12)16-10-20-13(2)22-19(16)15-6-4-14(5-7-15)9-21-18(24)11-25-3/h8,10,14-15H,4-7,9,11H2,1-3H3,(H,21,24). The average Bonchev–Trinajstić information content (AvgIpc) is 3.07. The summed E-state index contributed by atoms with van der Waals surface area (Å²) in [4.78, 5) is 20.6. The van der Waals surface area contributed by atoms with E-state index in [4.69, 9.17) is 14.2 Å². The Morgan fingerprint density at radius 1 is 1.31 bits per heavy atom. The van der Waals surface area contributed by atoms with Crippen molar-refractivity contribution in [2.45, 2.75) is 45.4 Å². The minimum absolute atomic E-state index is 0.0518. The van der Waals surface area contributed by atoms with E-state index in [1.54, 1.807) is 0 Å². The number of hydrogen-bond acceptors (Lipinski definition) is 6. The molecule has 1 aliphatic rings. The minimum Gasteiger partial charge on any atom is -0.375 e. The number of rotatable bonds is 6. The molecule has 1 saturated carbocycles. The number of hydrogen-bond donors (Lipinski definition) is 1. The van der Waals surface area contributed by atoms with Crippen molar-refractivity contribution < 1.29 is 14.1 Å². The highest BCUT2D eigenvalue weighted by atomic mass is 16.5. The van der Waals surface area contributed by atoms with E-state index < -0.39 is 0 Å². The number of aryl methyl sites for hydroxylation is 2. The lowest BCUT2D eigenvalue weighted by atomic mass is 9.79. The molecular formula is C19H26N4O3. The Hall–Kier alpha value is -2.28. The minimum atomic E-state index is -0.0518. The SMILES string of the molecule is COCC(=O)NCC1CCC(c2nc(C)ncc2-c2cc(C)no2)CC1. The van der Waals surface area contributed by atoms with Gasteiger partial charge in [-0.1, -0.05) is 5.16 Å². The van der Waals surface area contributed by atoms with Crippen LogP contribution in [0.1, 0.15) is 48.8 Å². The molecule has 2 heterocycles. The van der Waals surface area contributed by atoms with Crippen LogP contribution in [0.5, 0.6) is 0 Å². The third kappa shape index (κ3) is 4.46. The molecule has 0 aromatic carbocycles. The Labute approximate surface area is 153 Å². The lowest BCUT2D eigenvalue weighted by molar-refractivity contribution is -0.124. The number of nitrogens with one attached hydrogen (secondary N) is 1. The zero-order valence-electron chi connectivity index (χ0n) is 15.6. The Bertz CT molecular complexity index is 751. The summed E-state index contributed by atoms with van der Waals surface area (Å²) in [6.07, 6.45) is 6.06. The van der Waals surface area contributed by atoms with Crippen molar-refractivity contribution >= 4 is 5.91 Å². The normalized spacial score (nSPS) is 20.1. The predicted octanol–water partition coefficient (Wildman–Crippen LogP) is 2.78. The van der Waals surface area contributed by atoms with Gasteiger partial charge in [0.15, 0.2) is 5.76 Å². The van der Waals surface area contributed by atoms with Gasteiger partial charge < -0.3 is 14.6 Å². The molecule has 0 unspecified atom stereocenters. The van der Waals surface area contributed by atoms with Crippen molar-refractivity contribution in [1.82, 2.24) is 20.4 Å². The number of ether oxygens (including phenoxy) is 1. The van der Waals surface area contributed by atoms with Gasteiger partial charge in [-0.3, -0.25) is 4.79 Å². The van der Waals surface area contributed by atoms with Gasteiger partial charge in [0.2, 0.25) is 5.91 Å². The molecule has 0 saturated heterocycles. The first-order valence-electron chi connectivity index (χ1n) is 9.09. The molecule has 26 heavy (non-hydrogen) atoms. The van der Waals surface area contributed by atoms with Gasteiger partial charge in [-0.05, 0) is 45.4 Å². The fourth-order valence-electron chi connectivity index (χ4n) is 3.56. The Morgan fingerprint density at radius 3 is 2.73 bits per heavy atom. The van der Waals surface area contributed by atoms with E-state index in [2.05, 4.69) is 15.5 Å². The van der Waals surface area contributed by atoms with Crippen LogP contribution in [0.25, 0.3) is 11.3 Å². The molecule has 7 nitrogen and oxygen atoms in total. The first kappa shape index (κ1) is 18.5. The van der Waals surface area contributed by atoms with Gasteiger partial charge in [0.1, 0.15) is 12.4 Å². The highest BCUT2D eigenvalue weighted by molar-refractivity contribution is 5.77. The fraction of sp³-hybridized carbons (Fsp3) is 0.579. The Balaban J connectivity index is 1.66. The molecule has 0 bridgehead atoms. The Morgan fingerprint density at radius 2 is 2.08 bits per heavy atom. The number of nitrogens with zero attached hydrogens (tertiary/aromatic N) is 3. The Kier molecular flexibility index (Phi) is 5.98. The van der Waals surface area contributed by atoms with Crippen LogP contribution in [0.15, 0.2) is 16.8 Å². The lowest BCUT2D eigenvalue weighted by Crippen LogP contribution is -2.33. The average molecular weight is 358 g/mol. The highest BCUT2D eigenvalue weighted by Gasteiger charge is 2.27. The van der Waals surface area contributed by atoms with Crippen molar-refractivity contribution in [3.63, 3.8) is 0 Å². The number of methoxy groups -OCH3 is 1. The van der Waals surface area contributed by atoms with Crippen LogP contribution in [-0.4, -0.2) is 41.3 Å². The zero-order valence-corrected chi connectivity index (χ0v) is 15.6. The van der Waals surface area contributed by atoms with Gasteiger partial charge in [0.25, 0.3) is 0 Å². The maximum Gasteiger partial charge on any atom is 0.245 e. The summed E-state index contributed by atoms with van der Waals surface area (Å²) in [6.45, 7) is 4.65. The molecule has 1 aliphatic carbocycles. The first-order chi connectivity index (χ1) is 12.6. The van der Waals surface area contributed by atoms with Crippen LogP contribution in [0.3, 0.4) is 0 Å². The van der Waals surface area contributed by atoms with Gasteiger partial charge in [-0.25, -0.2) is 9.97 Å². The number of amides is 1. The van der Waals surface area contributed by atoms with E-state index in [-0.39, 0.29) is 12.5 Å². The predicted molar refractivity (Wildman–Crippen MR) is 96.6 cm³/mol. The monoisotopic (exact) mass is 358 g/mol. The molecule has 0 radical (unpaired) electrons. The van der Waals surface area contributed by atoms with Crippen molar-refractivity contribution in [2.24, 2.45) is 5.92 Å². The fourth-order valence-corrected chi connectivity index (χ4v) is 3.56. The van der Waals surface area contributed by atoms with Crippen molar-refractivity contribution in [3.8, 4) is 11.3 Å². The molecule has 1 N–H and O–H groups in total. The van der Waals surface area contributed by atoms with Gasteiger partial charge in [-0.15, -0.1) is 0 Å². The van der Waals surface area contributed by atoms with E-state index in [1.165, 1.54) is 7.11 Å². The molecule has 3 rings (SSSR count). The molecule has 140 valence electrons. The molecular weight excluding hydrogens is 332 g/mol. The molecule has 2 aromatic heterocycles. The quantitative estimate of drug-likeness (QED) is 0.854. The summed E-state index contributed by atoms with van der Waals surface area (Å²) in [6, 6.07) is 1.93. The van der Waals surface area contributed by atoms with Gasteiger partial charge in [-0.2, -0.15) is 0 Å². The summed E-state index contributed by atoms with van der Waals surface area (Å²) in [5, 5.41) is 6.93. The van der Waals surface area contributed by atoms with E-state index >= 15 is 0 Å². The number of carbonyl (C=O) groups is 1. The first-order valence-corrected chi connectivity index (χ1v) is 9.09. The summed E-state index contributed by atoms with van der Waals surface area (Å²) in [7, 11) is 1.53. The molecule has 0 spiro atoms. The molecule has 7 heteroatoms. The van der Waals surface area contributed by atoms with Crippen molar-refractivity contribution in [3.05, 3.63) is 29.5 Å². The molecule has 0 aliphatic heterocycles. The third-order valence-corrected chi connectivity index (χ3v) is 4.93. The van der Waals surface area contributed by atoms with Crippen LogP contribution < -0.4 is 5.32 Å². The highest BCUT2D eigenvalue weighted by Crippen LogP contribution is 2.38. The van der Waals surface area contributed by atoms with E-state index in [0.717, 1.165) is 54.2 Å². The van der Waals surface area contributed by atoms with E-state index in [9.17, 15) is 4.79 Å². The molecule has 1 fully saturated rings. The maximum atomic E-state index is 11.5. The van der Waals surface area contributed by atoms with Crippen LogP contribution in [0, 0.1) is 19.8 Å². The van der Waals surface area contributed by atoms with Crippen LogP contribution in [-0.2, 0) is 9.53 Å². The van der Waals surface area contributed by atoms with Gasteiger partial charge in [0.05, 0.1) is 17.0 Å². The number of aromatic nitrogens is 3. The summed E-state index contributed by atoms with van der Waals surface area (Å²) < 4.78 is 10.3. The number of carbonyl (C=O) groups excluding carboxylic acids is 1. The largest absolute Gasteiger partial charge is 0.375 e. The molecule has 1 amide bonds. The zero-order chi connectivity index (χ0) is 18.5. The van der Waals surface area contributed by atoms with Gasteiger partial charge in [0, 0.05) is 31.8 Å². The van der Waals surface area contributed by atoms with Crippen molar-refractivity contribution in [1.29, 1.82) is 0 Å². The lowest BCUT2D eigenvalue weighted by Gasteiger charge is -2.29. The molecule has 0 atom stereocenters.